The molecule has 3 rings (SSSR count). The highest BCUT2D eigenvalue weighted by molar-refractivity contribution is 8.01. The monoisotopic (exact) mass is 415 g/mol. The number of rotatable bonds is 8. The van der Waals surface area contributed by atoms with E-state index in [1.54, 1.807) is 25.1 Å². The number of thioether (sulfide) groups is 1. The molecule has 0 spiro atoms. The van der Waals surface area contributed by atoms with E-state index in [9.17, 15) is 13.2 Å². The molecule has 0 radical (unpaired) electrons. The average Bonchev–Trinajstić information content (AvgIpc) is 3.26. The second-order valence-corrected chi connectivity index (χ2v) is 10.2. The molecule has 2 N–H and O–H groups in total. The van der Waals surface area contributed by atoms with Crippen LogP contribution in [-0.4, -0.2) is 50.1 Å². The quantitative estimate of drug-likeness (QED) is 0.643. The van der Waals surface area contributed by atoms with Crippen molar-refractivity contribution in [2.45, 2.75) is 30.2 Å². The molecule has 0 bridgehead atoms. The lowest BCUT2D eigenvalue weighted by Crippen LogP contribution is -2.32. The number of carbonyl (C=O) groups is 1. The summed E-state index contributed by atoms with van der Waals surface area (Å²) in [4.78, 5) is 16.4. The molecule has 10 heteroatoms. The first kappa shape index (κ1) is 19.4. The lowest BCUT2D eigenvalue weighted by atomic mass is 10.2. The van der Waals surface area contributed by atoms with E-state index in [-0.39, 0.29) is 17.8 Å². The van der Waals surface area contributed by atoms with Crippen LogP contribution in [0.25, 0.3) is 10.2 Å². The van der Waals surface area contributed by atoms with E-state index >= 15 is 0 Å². The number of hydrogen-bond acceptors (Lipinski definition) is 7. The van der Waals surface area contributed by atoms with Crippen molar-refractivity contribution in [2.24, 2.45) is 0 Å². The van der Waals surface area contributed by atoms with Crippen molar-refractivity contribution >= 4 is 54.9 Å². The number of amides is 1. The second kappa shape index (κ2) is 8.55. The Morgan fingerprint density at radius 2 is 2.31 bits per heavy atom. The van der Waals surface area contributed by atoms with Crippen LogP contribution in [0.4, 0.5) is 5.69 Å². The fraction of sp³-hybridized carbons (Fsp3) is 0.500. The van der Waals surface area contributed by atoms with Gasteiger partial charge < -0.3 is 10.1 Å². The smallest absolute Gasteiger partial charge is 0.232 e. The van der Waals surface area contributed by atoms with Crippen molar-refractivity contribution in [1.82, 2.24) is 10.3 Å². The molecule has 1 aliphatic heterocycles. The fourth-order valence-corrected chi connectivity index (χ4v) is 5.06. The standard InChI is InChI=1S/C16H21N3O4S3/c1-2-26(21,22)19-11-5-6-13-14(8-11)25-16(18-13)24-10-15(20)17-9-12-4-3-7-23-12/h5-6,8,12,19H,2-4,7,9-10H2,1H3,(H,17,20)/t12-/m1/s1. The van der Waals surface area contributed by atoms with Crippen molar-refractivity contribution in [2.75, 3.05) is 29.4 Å². The lowest BCUT2D eigenvalue weighted by Gasteiger charge is -2.09. The molecular weight excluding hydrogens is 394 g/mol. The summed E-state index contributed by atoms with van der Waals surface area (Å²) in [5.41, 5.74) is 1.31. The van der Waals surface area contributed by atoms with Crippen molar-refractivity contribution in [3.63, 3.8) is 0 Å². The number of sulfonamides is 1. The fourth-order valence-electron chi connectivity index (χ4n) is 2.49. The van der Waals surface area contributed by atoms with E-state index < -0.39 is 10.0 Å². The zero-order chi connectivity index (χ0) is 18.6. The molecule has 26 heavy (non-hydrogen) atoms. The molecule has 0 unspecified atom stereocenters. The van der Waals surface area contributed by atoms with E-state index in [0.29, 0.717) is 18.0 Å². The molecule has 1 saturated heterocycles. The Kier molecular flexibility index (Phi) is 6.38. The van der Waals surface area contributed by atoms with Gasteiger partial charge in [-0.15, -0.1) is 11.3 Å². The predicted octanol–water partition coefficient (Wildman–Crippen LogP) is 2.45. The number of fused-ring (bicyclic) bond motifs is 1. The molecule has 1 aromatic carbocycles. The van der Waals surface area contributed by atoms with Crippen LogP contribution in [0.3, 0.4) is 0 Å². The molecule has 7 nitrogen and oxygen atoms in total. The number of nitrogens with one attached hydrogen (secondary N) is 2. The summed E-state index contributed by atoms with van der Waals surface area (Å²) in [6, 6.07) is 5.24. The van der Waals surface area contributed by atoms with E-state index in [1.807, 2.05) is 0 Å². The van der Waals surface area contributed by atoms with Gasteiger partial charge in [-0.2, -0.15) is 0 Å². The minimum Gasteiger partial charge on any atom is -0.376 e. The number of nitrogens with zero attached hydrogens (tertiary/aromatic N) is 1. The number of hydrogen-bond donors (Lipinski definition) is 2. The molecule has 2 aromatic rings. The highest BCUT2D eigenvalue weighted by atomic mass is 32.2. The number of aromatic nitrogens is 1. The van der Waals surface area contributed by atoms with Gasteiger partial charge in [0.15, 0.2) is 4.34 Å². The Labute approximate surface area is 161 Å². The van der Waals surface area contributed by atoms with Gasteiger partial charge in [-0.25, -0.2) is 13.4 Å². The summed E-state index contributed by atoms with van der Waals surface area (Å²) in [5.74, 6) is 0.277. The summed E-state index contributed by atoms with van der Waals surface area (Å²) >= 11 is 2.82. The molecule has 1 aromatic heterocycles. The largest absolute Gasteiger partial charge is 0.376 e. The molecule has 0 saturated carbocycles. The minimum absolute atomic E-state index is 0.0236. The van der Waals surface area contributed by atoms with Gasteiger partial charge in [0.05, 0.1) is 33.5 Å². The van der Waals surface area contributed by atoms with Gasteiger partial charge >= 0.3 is 0 Å². The molecule has 2 heterocycles. The Hall–Kier alpha value is -1.36. The van der Waals surface area contributed by atoms with E-state index in [2.05, 4.69) is 15.0 Å². The average molecular weight is 416 g/mol. The molecule has 142 valence electrons. The maximum Gasteiger partial charge on any atom is 0.232 e. The summed E-state index contributed by atoms with van der Waals surface area (Å²) in [6.45, 7) is 2.92. The van der Waals surface area contributed by atoms with Crippen LogP contribution in [0.15, 0.2) is 22.5 Å². The molecular formula is C16H21N3O4S3. The first-order valence-corrected chi connectivity index (χ1v) is 11.8. The molecule has 1 fully saturated rings. The van der Waals surface area contributed by atoms with Crippen LogP contribution in [0.1, 0.15) is 19.8 Å². The summed E-state index contributed by atoms with van der Waals surface area (Å²) in [7, 11) is -3.30. The van der Waals surface area contributed by atoms with Crippen LogP contribution in [-0.2, 0) is 19.6 Å². The zero-order valence-electron chi connectivity index (χ0n) is 14.4. The normalized spacial score (nSPS) is 17.5. The summed E-state index contributed by atoms with van der Waals surface area (Å²) in [6.07, 6.45) is 2.18. The number of anilines is 1. The highest BCUT2D eigenvalue weighted by Crippen LogP contribution is 2.31. The van der Waals surface area contributed by atoms with Crippen molar-refractivity contribution < 1.29 is 17.9 Å². The van der Waals surface area contributed by atoms with Gasteiger partial charge in [-0.3, -0.25) is 9.52 Å². The van der Waals surface area contributed by atoms with Crippen molar-refractivity contribution in [3.05, 3.63) is 18.2 Å². The van der Waals surface area contributed by atoms with Gasteiger partial charge in [-0.1, -0.05) is 11.8 Å². The van der Waals surface area contributed by atoms with E-state index in [0.717, 1.165) is 34.0 Å². The van der Waals surface area contributed by atoms with Crippen LogP contribution < -0.4 is 10.0 Å². The summed E-state index contributed by atoms with van der Waals surface area (Å²) < 4.78 is 33.0. The number of carbonyl (C=O) groups excluding carboxylic acids is 1. The van der Waals surface area contributed by atoms with Gasteiger partial charge in [0, 0.05) is 13.2 Å². The van der Waals surface area contributed by atoms with Crippen molar-refractivity contribution in [1.29, 1.82) is 0 Å². The lowest BCUT2D eigenvalue weighted by molar-refractivity contribution is -0.119. The van der Waals surface area contributed by atoms with E-state index in [1.165, 1.54) is 23.1 Å². The first-order chi connectivity index (χ1) is 12.4. The van der Waals surface area contributed by atoms with Crippen molar-refractivity contribution in [3.8, 4) is 0 Å². The van der Waals surface area contributed by atoms with Gasteiger partial charge in [0.25, 0.3) is 0 Å². The summed E-state index contributed by atoms with van der Waals surface area (Å²) in [5, 5.41) is 2.89. The predicted molar refractivity (Wildman–Crippen MR) is 105 cm³/mol. The third kappa shape index (κ3) is 5.32. The molecule has 1 aliphatic rings. The van der Waals surface area contributed by atoms with Crippen LogP contribution in [0, 0.1) is 0 Å². The topological polar surface area (TPSA) is 97.4 Å². The molecule has 0 aliphatic carbocycles. The van der Waals surface area contributed by atoms with Gasteiger partial charge in [0.2, 0.25) is 15.9 Å². The number of thiazole rings is 1. The Morgan fingerprint density at radius 3 is 3.04 bits per heavy atom. The van der Waals surface area contributed by atoms with Gasteiger partial charge in [-0.05, 0) is 38.0 Å². The molecule has 1 atom stereocenters. The minimum atomic E-state index is -3.30. The van der Waals surface area contributed by atoms with Crippen LogP contribution in [0.2, 0.25) is 0 Å². The second-order valence-electron chi connectivity index (χ2n) is 5.90. The Morgan fingerprint density at radius 1 is 1.46 bits per heavy atom. The maximum atomic E-state index is 11.9. The third-order valence-electron chi connectivity index (χ3n) is 3.90. The third-order valence-corrected chi connectivity index (χ3v) is 7.37. The van der Waals surface area contributed by atoms with Crippen LogP contribution >= 0.6 is 23.1 Å². The van der Waals surface area contributed by atoms with E-state index in [4.69, 9.17) is 4.74 Å². The van der Waals surface area contributed by atoms with Gasteiger partial charge in [0.1, 0.15) is 0 Å². The Balaban J connectivity index is 1.55. The first-order valence-electron chi connectivity index (χ1n) is 8.37. The highest BCUT2D eigenvalue weighted by Gasteiger charge is 2.16. The maximum absolute atomic E-state index is 11.9. The zero-order valence-corrected chi connectivity index (χ0v) is 16.8. The molecule has 1 amide bonds. The van der Waals surface area contributed by atoms with Crippen LogP contribution in [0.5, 0.6) is 0 Å². The SMILES string of the molecule is CCS(=O)(=O)Nc1ccc2nc(SCC(=O)NC[C@H]3CCCO3)sc2c1. The number of ether oxygens (including phenoxy) is 1. The number of benzene rings is 1. The Bertz CT molecular complexity index is 876.